The van der Waals surface area contributed by atoms with Gasteiger partial charge in [0.25, 0.3) is 0 Å². The van der Waals surface area contributed by atoms with Gasteiger partial charge in [-0.3, -0.25) is 0 Å². The summed E-state index contributed by atoms with van der Waals surface area (Å²) in [5.41, 5.74) is 6.17. The Balaban J connectivity index is 2.47. The van der Waals surface area contributed by atoms with Crippen LogP contribution < -0.4 is 11.1 Å². The lowest BCUT2D eigenvalue weighted by atomic mass is 10.1. The molecule has 6 heteroatoms. The minimum Gasteiger partial charge on any atom is -0.385 e. The van der Waals surface area contributed by atoms with Gasteiger partial charge in [0.15, 0.2) is 0 Å². The number of urea groups is 1. The molecule has 1 unspecified atom stereocenters. The molecule has 2 amide bonds. The van der Waals surface area contributed by atoms with E-state index in [0.29, 0.717) is 15.6 Å². The largest absolute Gasteiger partial charge is 0.385 e. The first-order valence-electron chi connectivity index (χ1n) is 4.18. The molecule has 1 aliphatic heterocycles. The Hall–Kier alpha value is -1.26. The van der Waals surface area contributed by atoms with E-state index in [9.17, 15) is 4.79 Å². The lowest BCUT2D eigenvalue weighted by Gasteiger charge is -2.14. The van der Waals surface area contributed by atoms with E-state index < -0.39 is 12.1 Å². The van der Waals surface area contributed by atoms with Gasteiger partial charge in [0.05, 0.1) is 0 Å². The first-order valence-corrected chi connectivity index (χ1v) is 4.93. The molecule has 4 nitrogen and oxygen atoms in total. The van der Waals surface area contributed by atoms with Gasteiger partial charge >= 0.3 is 6.03 Å². The SMILES string of the molecule is NC1=NC(=O)NC1c1c(Cl)cccc1Cl. The van der Waals surface area contributed by atoms with Crippen molar-refractivity contribution in [3.63, 3.8) is 0 Å². The third-order valence-corrected chi connectivity index (χ3v) is 2.74. The van der Waals surface area contributed by atoms with Gasteiger partial charge in [-0.05, 0) is 12.1 Å². The van der Waals surface area contributed by atoms with Gasteiger partial charge in [-0.1, -0.05) is 29.3 Å². The van der Waals surface area contributed by atoms with Crippen LogP contribution in [0.15, 0.2) is 23.2 Å². The minimum absolute atomic E-state index is 0.176. The second-order valence-electron chi connectivity index (χ2n) is 3.05. The molecule has 0 fully saturated rings. The van der Waals surface area contributed by atoms with Crippen molar-refractivity contribution in [2.75, 3.05) is 0 Å². The molecule has 3 N–H and O–H groups in total. The number of rotatable bonds is 1. The van der Waals surface area contributed by atoms with E-state index in [1.54, 1.807) is 18.2 Å². The fraction of sp³-hybridized carbons (Fsp3) is 0.111. The number of hydrogen-bond donors (Lipinski definition) is 2. The summed E-state index contributed by atoms with van der Waals surface area (Å²) in [6.45, 7) is 0. The molecule has 0 saturated heterocycles. The van der Waals surface area contributed by atoms with Crippen LogP contribution in [0.4, 0.5) is 4.79 Å². The van der Waals surface area contributed by atoms with Crippen molar-refractivity contribution in [2.24, 2.45) is 10.7 Å². The Bertz CT molecular complexity index is 438. The second kappa shape index (κ2) is 3.72. The zero-order valence-electron chi connectivity index (χ0n) is 7.50. The van der Waals surface area contributed by atoms with Crippen LogP contribution in [0.1, 0.15) is 11.6 Å². The molecule has 0 radical (unpaired) electrons. The number of nitrogens with one attached hydrogen (secondary N) is 1. The number of nitrogens with two attached hydrogens (primary N) is 1. The van der Waals surface area contributed by atoms with Gasteiger partial charge in [-0.2, -0.15) is 4.99 Å². The topological polar surface area (TPSA) is 67.5 Å². The average Bonchev–Trinajstić information content (AvgIpc) is 2.45. The molecule has 1 atom stereocenters. The van der Waals surface area contributed by atoms with Crippen LogP contribution in [0.3, 0.4) is 0 Å². The summed E-state index contributed by atoms with van der Waals surface area (Å²) in [7, 11) is 0. The lowest BCUT2D eigenvalue weighted by molar-refractivity contribution is 0.250. The molecule has 15 heavy (non-hydrogen) atoms. The van der Waals surface area contributed by atoms with Crippen molar-refractivity contribution in [2.45, 2.75) is 6.04 Å². The summed E-state index contributed by atoms with van der Waals surface area (Å²) in [4.78, 5) is 14.6. The highest BCUT2D eigenvalue weighted by molar-refractivity contribution is 6.36. The van der Waals surface area contributed by atoms with Crippen molar-refractivity contribution >= 4 is 35.1 Å². The van der Waals surface area contributed by atoms with Gasteiger partial charge in [-0.15, -0.1) is 0 Å². The molecule has 1 aliphatic rings. The molecule has 0 saturated carbocycles. The molecular formula is C9H7Cl2N3O. The fourth-order valence-electron chi connectivity index (χ4n) is 1.42. The maximum Gasteiger partial charge on any atom is 0.343 e. The first-order chi connectivity index (χ1) is 7.09. The monoisotopic (exact) mass is 243 g/mol. The average molecular weight is 244 g/mol. The molecule has 78 valence electrons. The zero-order chi connectivity index (χ0) is 11.0. The number of amides is 2. The molecular weight excluding hydrogens is 237 g/mol. The summed E-state index contributed by atoms with van der Waals surface area (Å²) in [5, 5.41) is 3.47. The van der Waals surface area contributed by atoms with Crippen LogP contribution in [-0.4, -0.2) is 11.9 Å². The first kappa shape index (κ1) is 10.3. The van der Waals surface area contributed by atoms with E-state index in [2.05, 4.69) is 10.3 Å². The predicted molar refractivity (Wildman–Crippen MR) is 59.4 cm³/mol. The van der Waals surface area contributed by atoms with Crippen LogP contribution in [0.25, 0.3) is 0 Å². The van der Waals surface area contributed by atoms with E-state index in [1.165, 1.54) is 0 Å². The van der Waals surface area contributed by atoms with Crippen LogP contribution in [0, 0.1) is 0 Å². The maximum atomic E-state index is 11.0. The van der Waals surface area contributed by atoms with Crippen molar-refractivity contribution < 1.29 is 4.79 Å². The lowest BCUT2D eigenvalue weighted by Crippen LogP contribution is -2.28. The minimum atomic E-state index is -0.529. The van der Waals surface area contributed by atoms with Crippen molar-refractivity contribution in [3.8, 4) is 0 Å². The third-order valence-electron chi connectivity index (χ3n) is 2.08. The van der Waals surface area contributed by atoms with Gasteiger partial charge < -0.3 is 11.1 Å². The van der Waals surface area contributed by atoms with Gasteiger partial charge in [0.1, 0.15) is 11.9 Å². The number of aliphatic imine (C=N–C) groups is 1. The number of nitrogens with zero attached hydrogens (tertiary/aromatic N) is 1. The Morgan fingerprint density at radius 1 is 1.33 bits per heavy atom. The highest BCUT2D eigenvalue weighted by atomic mass is 35.5. The summed E-state index contributed by atoms with van der Waals surface area (Å²) in [5.74, 6) is 0.176. The standard InChI is InChI=1S/C9H7Cl2N3O/c10-4-2-1-3-5(11)6(4)7-8(12)14-9(15)13-7/h1-3,7H,(H3,12,13,14,15). The van der Waals surface area contributed by atoms with Crippen LogP contribution in [0.2, 0.25) is 10.0 Å². The molecule has 2 rings (SSSR count). The number of amidine groups is 1. The molecule has 0 aliphatic carbocycles. The number of benzene rings is 1. The van der Waals surface area contributed by atoms with Crippen molar-refractivity contribution in [1.29, 1.82) is 0 Å². The summed E-state index contributed by atoms with van der Waals surface area (Å²) >= 11 is 12.0. The highest BCUT2D eigenvalue weighted by Crippen LogP contribution is 2.31. The molecule has 1 heterocycles. The highest BCUT2D eigenvalue weighted by Gasteiger charge is 2.28. The summed E-state index contributed by atoms with van der Waals surface area (Å²) < 4.78 is 0. The van der Waals surface area contributed by atoms with E-state index in [-0.39, 0.29) is 5.84 Å². The molecule has 0 aromatic heterocycles. The van der Waals surface area contributed by atoms with E-state index in [4.69, 9.17) is 28.9 Å². The Labute approximate surface area is 96.1 Å². The molecule has 1 aromatic rings. The van der Waals surface area contributed by atoms with E-state index in [0.717, 1.165) is 0 Å². The van der Waals surface area contributed by atoms with Crippen LogP contribution in [-0.2, 0) is 0 Å². The molecule has 0 spiro atoms. The van der Waals surface area contributed by atoms with E-state index >= 15 is 0 Å². The van der Waals surface area contributed by atoms with Gasteiger partial charge in [0.2, 0.25) is 0 Å². The third kappa shape index (κ3) is 1.78. The van der Waals surface area contributed by atoms with Gasteiger partial charge in [0, 0.05) is 15.6 Å². The van der Waals surface area contributed by atoms with Gasteiger partial charge in [-0.25, -0.2) is 4.79 Å². The number of carbonyl (C=O) groups is 1. The second-order valence-corrected chi connectivity index (χ2v) is 3.87. The normalized spacial score (nSPS) is 20.0. The van der Waals surface area contributed by atoms with Crippen molar-refractivity contribution in [3.05, 3.63) is 33.8 Å². The Morgan fingerprint density at radius 3 is 2.40 bits per heavy atom. The van der Waals surface area contributed by atoms with Crippen molar-refractivity contribution in [1.82, 2.24) is 5.32 Å². The van der Waals surface area contributed by atoms with E-state index in [1.807, 2.05) is 0 Å². The zero-order valence-corrected chi connectivity index (χ0v) is 9.01. The predicted octanol–water partition coefficient (Wildman–Crippen LogP) is 2.11. The molecule has 0 bridgehead atoms. The van der Waals surface area contributed by atoms with Crippen LogP contribution in [0.5, 0.6) is 0 Å². The fourth-order valence-corrected chi connectivity index (χ4v) is 2.03. The number of hydrogen-bond acceptors (Lipinski definition) is 2. The number of carbonyl (C=O) groups excluding carboxylic acids is 1. The van der Waals surface area contributed by atoms with Crippen LogP contribution >= 0.6 is 23.2 Å². The maximum absolute atomic E-state index is 11.0. The quantitative estimate of drug-likeness (QED) is 0.794. The summed E-state index contributed by atoms with van der Waals surface area (Å²) in [6.07, 6.45) is 0. The Morgan fingerprint density at radius 2 is 1.93 bits per heavy atom. The Kier molecular flexibility index (Phi) is 2.54. The smallest absolute Gasteiger partial charge is 0.343 e. The summed E-state index contributed by atoms with van der Waals surface area (Å²) in [6, 6.07) is 4.08. The molecule has 1 aromatic carbocycles. The number of halogens is 2.